The standard InChI is InChI=1S/C21H35NO/c1-7-8-9-10-11-20-12-16(3)21(13-15(20)2)22-14-17(4)23-19(6)18(22)5/h12-13,17-19H,7-11,14H2,1-6H3/t17-,18?,19+/m0/s1. The smallest absolute Gasteiger partial charge is 0.0751 e. The molecular weight excluding hydrogens is 282 g/mol. The zero-order valence-electron chi connectivity index (χ0n) is 16.0. The van der Waals surface area contributed by atoms with Gasteiger partial charge < -0.3 is 9.64 Å². The lowest BCUT2D eigenvalue weighted by molar-refractivity contribution is -0.0258. The molecule has 1 saturated heterocycles. The van der Waals surface area contributed by atoms with E-state index in [1.165, 1.54) is 54.5 Å². The fraction of sp³-hybridized carbons (Fsp3) is 0.714. The Labute approximate surface area is 143 Å². The fourth-order valence-corrected chi connectivity index (χ4v) is 3.72. The third-order valence-electron chi connectivity index (χ3n) is 5.34. The summed E-state index contributed by atoms with van der Waals surface area (Å²) < 4.78 is 5.98. The predicted molar refractivity (Wildman–Crippen MR) is 101 cm³/mol. The van der Waals surface area contributed by atoms with Gasteiger partial charge in [-0.2, -0.15) is 0 Å². The number of rotatable bonds is 6. The average molecular weight is 318 g/mol. The summed E-state index contributed by atoms with van der Waals surface area (Å²) in [5.41, 5.74) is 5.79. The van der Waals surface area contributed by atoms with Gasteiger partial charge in [-0.1, -0.05) is 32.3 Å². The first-order chi connectivity index (χ1) is 10.9. The molecule has 1 unspecified atom stereocenters. The quantitative estimate of drug-likeness (QED) is 0.649. The van der Waals surface area contributed by atoms with Crippen molar-refractivity contribution in [2.24, 2.45) is 0 Å². The highest BCUT2D eigenvalue weighted by atomic mass is 16.5. The van der Waals surface area contributed by atoms with Gasteiger partial charge in [0, 0.05) is 12.2 Å². The van der Waals surface area contributed by atoms with E-state index in [4.69, 9.17) is 4.74 Å². The first kappa shape index (κ1) is 18.3. The average Bonchev–Trinajstić information content (AvgIpc) is 2.50. The lowest BCUT2D eigenvalue weighted by Crippen LogP contribution is -2.52. The minimum atomic E-state index is 0.284. The molecule has 1 fully saturated rings. The van der Waals surface area contributed by atoms with Crippen molar-refractivity contribution >= 4 is 5.69 Å². The summed E-state index contributed by atoms with van der Waals surface area (Å²) in [4.78, 5) is 2.54. The van der Waals surface area contributed by atoms with Crippen LogP contribution in [0.15, 0.2) is 12.1 Å². The van der Waals surface area contributed by atoms with Crippen LogP contribution in [0.1, 0.15) is 70.1 Å². The molecule has 1 aromatic rings. The number of anilines is 1. The number of morpholine rings is 1. The summed E-state index contributed by atoms with van der Waals surface area (Å²) in [6, 6.07) is 5.26. The summed E-state index contributed by atoms with van der Waals surface area (Å²) >= 11 is 0. The largest absolute Gasteiger partial charge is 0.372 e. The van der Waals surface area contributed by atoms with Crippen molar-refractivity contribution in [2.75, 3.05) is 11.4 Å². The molecule has 1 aliphatic rings. The van der Waals surface area contributed by atoms with Crippen molar-refractivity contribution in [3.05, 3.63) is 28.8 Å². The highest BCUT2D eigenvalue weighted by Crippen LogP contribution is 2.30. The predicted octanol–water partition coefficient (Wildman–Crippen LogP) is 5.43. The third-order valence-corrected chi connectivity index (χ3v) is 5.34. The fourth-order valence-electron chi connectivity index (χ4n) is 3.72. The number of ether oxygens (including phenoxy) is 1. The minimum Gasteiger partial charge on any atom is -0.372 e. The summed E-state index contributed by atoms with van der Waals surface area (Å²) in [7, 11) is 0. The zero-order chi connectivity index (χ0) is 17.0. The maximum Gasteiger partial charge on any atom is 0.0751 e. The molecule has 1 aliphatic heterocycles. The van der Waals surface area contributed by atoms with Gasteiger partial charge in [0.2, 0.25) is 0 Å². The molecule has 1 aromatic carbocycles. The number of hydrogen-bond donors (Lipinski definition) is 0. The van der Waals surface area contributed by atoms with E-state index in [2.05, 4.69) is 58.6 Å². The van der Waals surface area contributed by atoms with Gasteiger partial charge in [-0.25, -0.2) is 0 Å². The summed E-state index contributed by atoms with van der Waals surface area (Å²) in [5, 5.41) is 0. The third kappa shape index (κ3) is 4.50. The number of aryl methyl sites for hydroxylation is 3. The molecule has 0 bridgehead atoms. The van der Waals surface area contributed by atoms with Crippen LogP contribution in [0.2, 0.25) is 0 Å². The van der Waals surface area contributed by atoms with Gasteiger partial charge in [-0.15, -0.1) is 0 Å². The van der Waals surface area contributed by atoms with E-state index >= 15 is 0 Å². The number of nitrogens with zero attached hydrogens (tertiary/aromatic N) is 1. The first-order valence-corrected chi connectivity index (χ1v) is 9.46. The van der Waals surface area contributed by atoms with Crippen LogP contribution in [0.25, 0.3) is 0 Å². The van der Waals surface area contributed by atoms with Crippen LogP contribution < -0.4 is 4.90 Å². The monoisotopic (exact) mass is 317 g/mol. The van der Waals surface area contributed by atoms with Gasteiger partial charge >= 0.3 is 0 Å². The van der Waals surface area contributed by atoms with Crippen LogP contribution in [0, 0.1) is 13.8 Å². The number of hydrogen-bond acceptors (Lipinski definition) is 2. The second-order valence-electron chi connectivity index (χ2n) is 7.42. The molecule has 23 heavy (non-hydrogen) atoms. The maximum absolute atomic E-state index is 5.98. The van der Waals surface area contributed by atoms with Gasteiger partial charge in [0.05, 0.1) is 18.2 Å². The molecule has 0 amide bonds. The Balaban J connectivity index is 2.15. The van der Waals surface area contributed by atoms with Crippen LogP contribution in [0.4, 0.5) is 5.69 Å². The molecule has 0 spiro atoms. The van der Waals surface area contributed by atoms with Gasteiger partial charge in [0.1, 0.15) is 0 Å². The molecule has 0 radical (unpaired) electrons. The summed E-state index contributed by atoms with van der Waals surface area (Å²) in [5.74, 6) is 0. The van der Waals surface area contributed by atoms with Crippen LogP contribution >= 0.6 is 0 Å². The van der Waals surface area contributed by atoms with E-state index < -0.39 is 0 Å². The highest BCUT2D eigenvalue weighted by Gasteiger charge is 2.30. The van der Waals surface area contributed by atoms with Crippen molar-refractivity contribution in [2.45, 2.75) is 91.9 Å². The zero-order valence-corrected chi connectivity index (χ0v) is 16.0. The molecule has 0 N–H and O–H groups in total. The van der Waals surface area contributed by atoms with E-state index in [0.29, 0.717) is 12.1 Å². The van der Waals surface area contributed by atoms with Crippen molar-refractivity contribution in [1.82, 2.24) is 0 Å². The lowest BCUT2D eigenvalue weighted by atomic mass is 9.96. The van der Waals surface area contributed by atoms with Crippen molar-refractivity contribution in [3.8, 4) is 0 Å². The SMILES string of the molecule is CCCCCCc1cc(C)c(N2C[C@H](C)O[C@H](C)C2C)cc1C. The molecule has 3 atom stereocenters. The second kappa shape index (κ2) is 8.19. The van der Waals surface area contributed by atoms with E-state index in [1.807, 2.05) is 0 Å². The van der Waals surface area contributed by atoms with Crippen LogP contribution in [0.3, 0.4) is 0 Å². The Morgan fingerprint density at radius 3 is 2.48 bits per heavy atom. The molecule has 0 saturated carbocycles. The molecule has 0 aromatic heterocycles. The maximum atomic E-state index is 5.98. The van der Waals surface area contributed by atoms with Gasteiger partial charge in [0.15, 0.2) is 0 Å². The number of benzene rings is 1. The highest BCUT2D eigenvalue weighted by molar-refractivity contribution is 5.58. The Morgan fingerprint density at radius 2 is 1.78 bits per heavy atom. The van der Waals surface area contributed by atoms with Crippen molar-refractivity contribution in [1.29, 1.82) is 0 Å². The first-order valence-electron chi connectivity index (χ1n) is 9.46. The summed E-state index contributed by atoms with van der Waals surface area (Å²) in [6.07, 6.45) is 7.14. The normalized spacial score (nSPS) is 25.0. The minimum absolute atomic E-state index is 0.284. The van der Waals surface area contributed by atoms with Crippen molar-refractivity contribution < 1.29 is 4.74 Å². The van der Waals surface area contributed by atoms with E-state index in [9.17, 15) is 0 Å². The lowest BCUT2D eigenvalue weighted by Gasteiger charge is -2.43. The summed E-state index contributed by atoms with van der Waals surface area (Å²) in [6.45, 7) is 14.5. The molecular formula is C21H35NO. The van der Waals surface area contributed by atoms with Crippen LogP contribution in [-0.4, -0.2) is 24.8 Å². The van der Waals surface area contributed by atoms with Gasteiger partial charge in [-0.05, 0) is 70.2 Å². The Hall–Kier alpha value is -1.02. The van der Waals surface area contributed by atoms with Crippen molar-refractivity contribution in [3.63, 3.8) is 0 Å². The molecule has 0 aliphatic carbocycles. The molecule has 1 heterocycles. The Morgan fingerprint density at radius 1 is 1.04 bits per heavy atom. The van der Waals surface area contributed by atoms with E-state index in [0.717, 1.165) is 6.54 Å². The van der Waals surface area contributed by atoms with Crippen LogP contribution in [-0.2, 0) is 11.2 Å². The Kier molecular flexibility index (Phi) is 6.52. The second-order valence-corrected chi connectivity index (χ2v) is 7.42. The van der Waals surface area contributed by atoms with Gasteiger partial charge in [0.25, 0.3) is 0 Å². The van der Waals surface area contributed by atoms with E-state index in [-0.39, 0.29) is 6.10 Å². The molecule has 2 nitrogen and oxygen atoms in total. The number of unbranched alkanes of at least 4 members (excludes halogenated alkanes) is 3. The Bertz CT molecular complexity index is 511. The van der Waals surface area contributed by atoms with Crippen LogP contribution in [0.5, 0.6) is 0 Å². The van der Waals surface area contributed by atoms with E-state index in [1.54, 1.807) is 0 Å². The molecule has 130 valence electrons. The van der Waals surface area contributed by atoms with Gasteiger partial charge in [-0.3, -0.25) is 0 Å². The molecule has 2 rings (SSSR count). The molecule has 2 heteroatoms. The topological polar surface area (TPSA) is 12.5 Å².